The lowest BCUT2D eigenvalue weighted by atomic mass is 9.90. The summed E-state index contributed by atoms with van der Waals surface area (Å²) in [5.41, 5.74) is -0.704. The second-order valence-electron chi connectivity index (χ2n) is 5.93. The van der Waals surface area contributed by atoms with Crippen LogP contribution in [0.25, 0.3) is 0 Å². The molecule has 1 saturated heterocycles. The van der Waals surface area contributed by atoms with Crippen LogP contribution in [0.1, 0.15) is 34.1 Å². The third-order valence-electron chi connectivity index (χ3n) is 3.82. The molecule has 1 amide bonds. The van der Waals surface area contributed by atoms with Crippen LogP contribution in [-0.4, -0.2) is 47.6 Å². The molecule has 1 aliphatic heterocycles. The molecule has 0 aromatic heterocycles. The monoisotopic (exact) mass is 256 g/mol. The van der Waals surface area contributed by atoms with Crippen LogP contribution in [0.2, 0.25) is 0 Å². The summed E-state index contributed by atoms with van der Waals surface area (Å²) in [4.78, 5) is 24.8. The number of carbonyl (C=O) groups is 2. The maximum Gasteiger partial charge on any atom is 0.310 e. The molecule has 5 nitrogen and oxygen atoms in total. The lowest BCUT2D eigenvalue weighted by molar-refractivity contribution is -0.147. The largest absolute Gasteiger partial charge is 0.481 e. The molecule has 1 fully saturated rings. The number of carbonyl (C=O) groups excluding carboxylic acids is 1. The van der Waals surface area contributed by atoms with Crippen LogP contribution in [0.15, 0.2) is 0 Å². The fraction of sp³-hybridized carbons (Fsp3) is 0.846. The van der Waals surface area contributed by atoms with Gasteiger partial charge in [0.2, 0.25) is 5.91 Å². The van der Waals surface area contributed by atoms with Crippen molar-refractivity contribution in [2.75, 3.05) is 19.6 Å². The summed E-state index contributed by atoms with van der Waals surface area (Å²) in [5, 5.41) is 12.1. The van der Waals surface area contributed by atoms with E-state index in [9.17, 15) is 9.59 Å². The molecular weight excluding hydrogens is 232 g/mol. The Balaban J connectivity index is 2.41. The highest BCUT2D eigenvalue weighted by Gasteiger charge is 2.40. The van der Waals surface area contributed by atoms with Gasteiger partial charge in [0.15, 0.2) is 0 Å². The van der Waals surface area contributed by atoms with Crippen LogP contribution in [-0.2, 0) is 9.59 Å². The number of amides is 1. The Morgan fingerprint density at radius 1 is 1.39 bits per heavy atom. The number of nitrogens with zero attached hydrogens (tertiary/aromatic N) is 1. The van der Waals surface area contributed by atoms with Gasteiger partial charge in [-0.2, -0.15) is 0 Å². The molecule has 0 saturated carbocycles. The van der Waals surface area contributed by atoms with E-state index in [2.05, 4.69) is 19.2 Å². The zero-order chi connectivity index (χ0) is 13.9. The Labute approximate surface area is 109 Å². The lowest BCUT2D eigenvalue weighted by Gasteiger charge is -2.22. The number of carboxylic acids is 1. The van der Waals surface area contributed by atoms with Crippen molar-refractivity contribution < 1.29 is 14.7 Å². The molecule has 2 atom stereocenters. The number of aliphatic carboxylic acids is 1. The average molecular weight is 256 g/mol. The number of hydrogen-bond acceptors (Lipinski definition) is 3. The minimum absolute atomic E-state index is 0.0224. The van der Waals surface area contributed by atoms with E-state index in [-0.39, 0.29) is 11.9 Å². The molecule has 5 heteroatoms. The van der Waals surface area contributed by atoms with Gasteiger partial charge in [0.1, 0.15) is 0 Å². The Morgan fingerprint density at radius 2 is 2.00 bits per heavy atom. The molecule has 1 heterocycles. The zero-order valence-corrected chi connectivity index (χ0v) is 11.7. The van der Waals surface area contributed by atoms with Crippen LogP contribution in [0, 0.1) is 11.3 Å². The second kappa shape index (κ2) is 5.69. The van der Waals surface area contributed by atoms with E-state index in [0.29, 0.717) is 32.0 Å². The number of carboxylic acid groups (broad SMARTS) is 1. The Hall–Kier alpha value is -1.10. The summed E-state index contributed by atoms with van der Waals surface area (Å²) >= 11 is 0. The normalized spacial score (nSPS) is 26.3. The predicted octanol–water partition coefficient (Wildman–Crippen LogP) is 0.944. The molecule has 2 unspecified atom stereocenters. The number of rotatable bonds is 5. The van der Waals surface area contributed by atoms with E-state index >= 15 is 0 Å². The first-order valence-corrected chi connectivity index (χ1v) is 6.50. The van der Waals surface area contributed by atoms with Gasteiger partial charge in [0.05, 0.1) is 12.0 Å². The van der Waals surface area contributed by atoms with Gasteiger partial charge in [-0.3, -0.25) is 14.5 Å². The SMILES string of the molecule is CC(C)C(C)NC(=O)CN1CCC(C)(C(=O)O)C1. The highest BCUT2D eigenvalue weighted by molar-refractivity contribution is 5.79. The summed E-state index contributed by atoms with van der Waals surface area (Å²) in [7, 11) is 0. The fourth-order valence-corrected chi connectivity index (χ4v) is 2.04. The first-order valence-electron chi connectivity index (χ1n) is 6.50. The van der Waals surface area contributed by atoms with Crippen molar-refractivity contribution >= 4 is 11.9 Å². The molecule has 0 aliphatic carbocycles. The van der Waals surface area contributed by atoms with Crippen LogP contribution < -0.4 is 5.32 Å². The van der Waals surface area contributed by atoms with E-state index in [1.54, 1.807) is 6.92 Å². The van der Waals surface area contributed by atoms with Crippen molar-refractivity contribution in [3.8, 4) is 0 Å². The highest BCUT2D eigenvalue weighted by Crippen LogP contribution is 2.29. The lowest BCUT2D eigenvalue weighted by Crippen LogP contribution is -2.43. The van der Waals surface area contributed by atoms with Gasteiger partial charge in [-0.1, -0.05) is 13.8 Å². The van der Waals surface area contributed by atoms with Crippen molar-refractivity contribution in [3.05, 3.63) is 0 Å². The Bertz CT molecular complexity index is 330. The third kappa shape index (κ3) is 3.70. The maximum atomic E-state index is 11.8. The van der Waals surface area contributed by atoms with Crippen molar-refractivity contribution in [2.24, 2.45) is 11.3 Å². The zero-order valence-electron chi connectivity index (χ0n) is 11.7. The number of likely N-dealkylation sites (tertiary alicyclic amines) is 1. The summed E-state index contributed by atoms with van der Waals surface area (Å²) < 4.78 is 0. The third-order valence-corrected chi connectivity index (χ3v) is 3.82. The van der Waals surface area contributed by atoms with Crippen molar-refractivity contribution in [2.45, 2.75) is 40.2 Å². The second-order valence-corrected chi connectivity index (χ2v) is 5.93. The molecule has 0 bridgehead atoms. The van der Waals surface area contributed by atoms with Gasteiger partial charge in [-0.05, 0) is 32.7 Å². The number of hydrogen-bond donors (Lipinski definition) is 2. The molecule has 2 N–H and O–H groups in total. The summed E-state index contributed by atoms with van der Waals surface area (Å²) in [6.07, 6.45) is 0.606. The summed E-state index contributed by atoms with van der Waals surface area (Å²) in [5.74, 6) is -0.399. The minimum atomic E-state index is -0.777. The topological polar surface area (TPSA) is 69.6 Å². The number of nitrogens with one attached hydrogen (secondary N) is 1. The Morgan fingerprint density at radius 3 is 2.44 bits per heavy atom. The molecule has 18 heavy (non-hydrogen) atoms. The molecule has 0 spiro atoms. The average Bonchev–Trinajstić information content (AvgIpc) is 2.61. The van der Waals surface area contributed by atoms with Crippen LogP contribution in [0.3, 0.4) is 0 Å². The molecule has 0 radical (unpaired) electrons. The Kier molecular flexibility index (Phi) is 4.73. The molecule has 0 aromatic carbocycles. The van der Waals surface area contributed by atoms with Crippen LogP contribution in [0.4, 0.5) is 0 Å². The van der Waals surface area contributed by atoms with Crippen LogP contribution in [0.5, 0.6) is 0 Å². The van der Waals surface area contributed by atoms with E-state index in [1.807, 2.05) is 11.8 Å². The van der Waals surface area contributed by atoms with Crippen molar-refractivity contribution in [3.63, 3.8) is 0 Å². The molecule has 0 aromatic rings. The van der Waals surface area contributed by atoms with Crippen LogP contribution >= 0.6 is 0 Å². The van der Waals surface area contributed by atoms with Crippen molar-refractivity contribution in [1.82, 2.24) is 10.2 Å². The summed E-state index contributed by atoms with van der Waals surface area (Å²) in [6, 6.07) is 0.144. The van der Waals surface area contributed by atoms with E-state index < -0.39 is 11.4 Å². The van der Waals surface area contributed by atoms with Gasteiger partial charge >= 0.3 is 5.97 Å². The van der Waals surface area contributed by atoms with Gasteiger partial charge in [0.25, 0.3) is 0 Å². The standard InChI is InChI=1S/C13H24N2O3/c1-9(2)10(3)14-11(16)7-15-6-5-13(4,8-15)12(17)18/h9-10H,5-8H2,1-4H3,(H,14,16)(H,17,18). The molecular formula is C13H24N2O3. The first kappa shape index (κ1) is 15.0. The van der Waals surface area contributed by atoms with Gasteiger partial charge < -0.3 is 10.4 Å². The molecule has 1 aliphatic rings. The predicted molar refractivity (Wildman–Crippen MR) is 69.2 cm³/mol. The van der Waals surface area contributed by atoms with Gasteiger partial charge in [-0.25, -0.2) is 0 Å². The quantitative estimate of drug-likeness (QED) is 0.768. The van der Waals surface area contributed by atoms with Crippen molar-refractivity contribution in [1.29, 1.82) is 0 Å². The fourth-order valence-electron chi connectivity index (χ4n) is 2.04. The van der Waals surface area contributed by atoms with Gasteiger partial charge in [-0.15, -0.1) is 0 Å². The minimum Gasteiger partial charge on any atom is -0.481 e. The molecule has 1 rings (SSSR count). The first-order chi connectivity index (χ1) is 8.24. The summed E-state index contributed by atoms with van der Waals surface area (Å²) in [6.45, 7) is 9.25. The molecule has 104 valence electrons. The van der Waals surface area contributed by atoms with E-state index in [4.69, 9.17) is 5.11 Å². The highest BCUT2D eigenvalue weighted by atomic mass is 16.4. The van der Waals surface area contributed by atoms with E-state index in [1.165, 1.54) is 0 Å². The maximum absolute atomic E-state index is 11.8. The smallest absolute Gasteiger partial charge is 0.310 e. The van der Waals surface area contributed by atoms with Gasteiger partial charge in [0, 0.05) is 12.6 Å². The van der Waals surface area contributed by atoms with E-state index in [0.717, 1.165) is 0 Å².